The summed E-state index contributed by atoms with van der Waals surface area (Å²) >= 11 is 0. The highest BCUT2D eigenvalue weighted by atomic mass is 16.5. The van der Waals surface area contributed by atoms with E-state index in [-0.39, 0.29) is 12.1 Å². The fourth-order valence-electron chi connectivity index (χ4n) is 4.56. The lowest BCUT2D eigenvalue weighted by molar-refractivity contribution is 0.219. The number of hydrogen-bond donors (Lipinski definition) is 1. The first-order chi connectivity index (χ1) is 17.9. The van der Waals surface area contributed by atoms with E-state index in [1.165, 1.54) is 0 Å². The van der Waals surface area contributed by atoms with E-state index >= 15 is 0 Å². The van der Waals surface area contributed by atoms with Gasteiger partial charge in [0.1, 0.15) is 12.3 Å². The van der Waals surface area contributed by atoms with Crippen LogP contribution in [0.15, 0.2) is 109 Å². The summed E-state index contributed by atoms with van der Waals surface area (Å²) in [4.78, 5) is 9.99. The van der Waals surface area contributed by atoms with Crippen molar-refractivity contribution >= 4 is 11.4 Å². The minimum Gasteiger partial charge on any atom is -0.499 e. The van der Waals surface area contributed by atoms with Crippen molar-refractivity contribution in [1.29, 1.82) is 0 Å². The van der Waals surface area contributed by atoms with Crippen LogP contribution >= 0.6 is 0 Å². The molecule has 7 heteroatoms. The highest BCUT2D eigenvalue weighted by Gasteiger charge is 2.26. The molecular formula is C29H26N6O. The van der Waals surface area contributed by atoms with Crippen LogP contribution in [-0.2, 0) is 4.74 Å². The van der Waals surface area contributed by atoms with Gasteiger partial charge in [-0.15, -0.1) is 10.2 Å². The summed E-state index contributed by atoms with van der Waals surface area (Å²) in [6, 6.07) is 16.2. The molecule has 0 saturated carbocycles. The summed E-state index contributed by atoms with van der Waals surface area (Å²) in [5, 5.41) is 12.6. The maximum Gasteiger partial charge on any atom is 0.183 e. The Bertz CT molecular complexity index is 1430. The summed E-state index contributed by atoms with van der Waals surface area (Å²) in [5.74, 6) is 1.44. The van der Waals surface area contributed by atoms with Gasteiger partial charge in [0, 0.05) is 0 Å². The maximum absolute atomic E-state index is 5.76. The monoisotopic (exact) mass is 474 g/mol. The molecule has 5 heterocycles. The number of hydrogen-bond acceptors (Lipinski definition) is 6. The zero-order valence-electron chi connectivity index (χ0n) is 19.7. The number of aliphatic imine (C=N–C) groups is 1. The molecule has 0 radical (unpaired) electrons. The molecule has 0 saturated heterocycles. The molecule has 1 aromatic carbocycles. The highest BCUT2D eigenvalue weighted by molar-refractivity contribution is 6.02. The first-order valence-electron chi connectivity index (χ1n) is 12.2. The van der Waals surface area contributed by atoms with Gasteiger partial charge in [-0.2, -0.15) is 0 Å². The minimum absolute atomic E-state index is 0.0115. The molecule has 0 fully saturated rings. The van der Waals surface area contributed by atoms with E-state index in [0.29, 0.717) is 12.4 Å². The van der Waals surface area contributed by atoms with Crippen LogP contribution < -0.4 is 5.32 Å². The Hall–Kier alpha value is -4.52. The molecule has 3 aromatic rings. The number of dihydropyridines is 1. The number of rotatable bonds is 5. The highest BCUT2D eigenvalue weighted by Crippen LogP contribution is 2.29. The van der Waals surface area contributed by atoms with E-state index in [4.69, 9.17) is 14.7 Å². The number of pyridine rings is 1. The molecule has 7 nitrogen and oxygen atoms in total. The van der Waals surface area contributed by atoms with Crippen LogP contribution in [0.4, 0.5) is 0 Å². The summed E-state index contributed by atoms with van der Waals surface area (Å²) in [6.07, 6.45) is 19.6. The summed E-state index contributed by atoms with van der Waals surface area (Å²) in [6.45, 7) is 0.469. The molecule has 178 valence electrons. The van der Waals surface area contributed by atoms with Crippen molar-refractivity contribution in [1.82, 2.24) is 25.1 Å². The molecule has 2 aromatic heterocycles. The van der Waals surface area contributed by atoms with Crippen LogP contribution in [0.2, 0.25) is 0 Å². The van der Waals surface area contributed by atoms with Crippen molar-refractivity contribution in [3.63, 3.8) is 0 Å². The molecule has 6 rings (SSSR count). The largest absolute Gasteiger partial charge is 0.499 e. The fraction of sp³-hybridized carbons (Fsp3) is 0.172. The van der Waals surface area contributed by atoms with E-state index in [1.54, 1.807) is 6.26 Å². The molecule has 1 unspecified atom stereocenters. The lowest BCUT2D eigenvalue weighted by Gasteiger charge is -2.20. The van der Waals surface area contributed by atoms with Crippen molar-refractivity contribution in [2.24, 2.45) is 4.99 Å². The summed E-state index contributed by atoms with van der Waals surface area (Å²) in [7, 11) is 0. The molecule has 0 bridgehead atoms. The molecule has 0 aliphatic carbocycles. The van der Waals surface area contributed by atoms with Crippen molar-refractivity contribution in [2.45, 2.75) is 24.9 Å². The standard InChI is InChI=1S/C29H26N6O/c1-2-10-21(11-3-1)23-14-8-16-26(31-23)28-33-34-29(35(28)22-12-5-7-19-36-20-22)27-17-9-15-25(32-27)24-13-4-6-18-30-24/h1-7,9-15,17-19,22,24,30H,8,16,20H2/t22?,24-/m1/s1. The van der Waals surface area contributed by atoms with Gasteiger partial charge < -0.3 is 10.1 Å². The predicted octanol–water partition coefficient (Wildman–Crippen LogP) is 5.32. The molecule has 36 heavy (non-hydrogen) atoms. The SMILES string of the molecule is C1=CN[C@@H](c2cccc(-c3nnc(C4=NC(c5ccccc5)=CCC4)n3C3C=CC=COC3)n2)C=C1. The van der Waals surface area contributed by atoms with Crippen LogP contribution in [0.25, 0.3) is 17.2 Å². The lowest BCUT2D eigenvalue weighted by atomic mass is 10.0. The number of benzene rings is 1. The second-order valence-electron chi connectivity index (χ2n) is 8.72. The van der Waals surface area contributed by atoms with Gasteiger partial charge in [0.05, 0.1) is 35.4 Å². The van der Waals surface area contributed by atoms with Gasteiger partial charge in [0.15, 0.2) is 11.6 Å². The Morgan fingerprint density at radius 1 is 0.889 bits per heavy atom. The van der Waals surface area contributed by atoms with E-state index in [0.717, 1.165) is 47.0 Å². The predicted molar refractivity (Wildman–Crippen MR) is 141 cm³/mol. The Labute approximate surface area is 210 Å². The molecule has 3 aliphatic rings. The Morgan fingerprint density at radius 2 is 1.78 bits per heavy atom. The van der Waals surface area contributed by atoms with Crippen LogP contribution in [0.1, 0.15) is 42.0 Å². The topological polar surface area (TPSA) is 77.2 Å². The molecular weight excluding hydrogens is 448 g/mol. The van der Waals surface area contributed by atoms with E-state index in [2.05, 4.69) is 50.4 Å². The number of nitrogens with zero attached hydrogens (tertiary/aromatic N) is 5. The molecule has 3 aliphatic heterocycles. The Kier molecular flexibility index (Phi) is 6.10. The zero-order valence-corrected chi connectivity index (χ0v) is 19.7. The molecule has 1 N–H and O–H groups in total. The van der Waals surface area contributed by atoms with Gasteiger partial charge in [-0.05, 0) is 48.9 Å². The molecule has 0 amide bonds. The fourth-order valence-corrected chi connectivity index (χ4v) is 4.56. The van der Waals surface area contributed by atoms with Gasteiger partial charge in [0.2, 0.25) is 0 Å². The Balaban J connectivity index is 1.43. The lowest BCUT2D eigenvalue weighted by Crippen LogP contribution is -2.21. The van der Waals surface area contributed by atoms with Crippen molar-refractivity contribution in [3.8, 4) is 11.5 Å². The quantitative estimate of drug-likeness (QED) is 0.542. The average molecular weight is 475 g/mol. The van der Waals surface area contributed by atoms with Gasteiger partial charge in [-0.1, -0.05) is 66.8 Å². The van der Waals surface area contributed by atoms with Crippen LogP contribution in [0, 0.1) is 0 Å². The molecule has 2 atom stereocenters. The second kappa shape index (κ2) is 10.00. The first-order valence-corrected chi connectivity index (χ1v) is 12.2. The van der Waals surface area contributed by atoms with Gasteiger partial charge in [-0.3, -0.25) is 4.57 Å². The van der Waals surface area contributed by atoms with Crippen molar-refractivity contribution < 1.29 is 4.74 Å². The van der Waals surface area contributed by atoms with E-state index < -0.39 is 0 Å². The van der Waals surface area contributed by atoms with Crippen molar-refractivity contribution in [2.75, 3.05) is 6.61 Å². The summed E-state index contributed by atoms with van der Waals surface area (Å²) < 4.78 is 7.87. The van der Waals surface area contributed by atoms with E-state index in [1.807, 2.05) is 66.9 Å². The smallest absolute Gasteiger partial charge is 0.183 e. The Morgan fingerprint density at radius 3 is 2.67 bits per heavy atom. The number of allylic oxidation sites excluding steroid dienone is 5. The third-order valence-corrected chi connectivity index (χ3v) is 6.32. The third kappa shape index (κ3) is 4.43. The van der Waals surface area contributed by atoms with Gasteiger partial charge in [0.25, 0.3) is 0 Å². The third-order valence-electron chi connectivity index (χ3n) is 6.32. The number of nitrogens with one attached hydrogen (secondary N) is 1. The maximum atomic E-state index is 5.76. The van der Waals surface area contributed by atoms with E-state index in [9.17, 15) is 0 Å². The normalized spacial score (nSPS) is 20.8. The van der Waals surface area contributed by atoms with Crippen LogP contribution in [0.3, 0.4) is 0 Å². The van der Waals surface area contributed by atoms with Crippen LogP contribution in [-0.4, -0.2) is 32.1 Å². The van der Waals surface area contributed by atoms with Gasteiger partial charge >= 0.3 is 0 Å². The zero-order chi connectivity index (χ0) is 24.2. The number of aromatic nitrogens is 4. The average Bonchev–Trinajstić information content (AvgIpc) is 3.22. The van der Waals surface area contributed by atoms with Crippen molar-refractivity contribution in [3.05, 3.63) is 121 Å². The first kappa shape index (κ1) is 22.0. The van der Waals surface area contributed by atoms with Gasteiger partial charge in [-0.25, -0.2) is 9.98 Å². The second-order valence-corrected chi connectivity index (χ2v) is 8.72. The minimum atomic E-state index is -0.102. The van der Waals surface area contributed by atoms with Crippen LogP contribution in [0.5, 0.6) is 0 Å². The summed E-state index contributed by atoms with van der Waals surface area (Å²) in [5.41, 5.74) is 4.66. The molecule has 0 spiro atoms. The number of ether oxygens (including phenoxy) is 1.